The van der Waals surface area contributed by atoms with Gasteiger partial charge in [-0.1, -0.05) is 60.7 Å². The molecule has 6 heteroatoms. The molecular formula is C44H34N6. The molecule has 240 valence electrons. The highest BCUT2D eigenvalue weighted by molar-refractivity contribution is 6.19. The van der Waals surface area contributed by atoms with Gasteiger partial charge in [0.1, 0.15) is 12.7 Å². The van der Waals surface area contributed by atoms with Crippen LogP contribution in [0.4, 0.5) is 0 Å². The van der Waals surface area contributed by atoms with Gasteiger partial charge < -0.3 is 0 Å². The smallest absolute Gasteiger partial charge is 0.116 e. The third-order valence-corrected chi connectivity index (χ3v) is 10.7. The third-order valence-electron chi connectivity index (χ3n) is 10.7. The lowest BCUT2D eigenvalue weighted by Gasteiger charge is -2.23. The van der Waals surface area contributed by atoms with E-state index in [0.29, 0.717) is 0 Å². The van der Waals surface area contributed by atoms with Crippen molar-refractivity contribution in [1.29, 1.82) is 0 Å². The Morgan fingerprint density at radius 3 is 1.32 bits per heavy atom. The molecule has 0 radical (unpaired) electrons. The molecular weight excluding hydrogens is 613 g/mol. The lowest BCUT2D eigenvalue weighted by Crippen LogP contribution is -2.09. The number of fused-ring (bicyclic) bond motifs is 7. The Labute approximate surface area is 290 Å². The number of benzene rings is 4. The van der Waals surface area contributed by atoms with Crippen LogP contribution in [-0.2, 0) is 25.7 Å². The second kappa shape index (κ2) is 11.9. The zero-order chi connectivity index (χ0) is 33.0. The molecule has 0 amide bonds. The van der Waals surface area contributed by atoms with Crippen molar-refractivity contribution in [3.8, 4) is 44.8 Å². The molecule has 50 heavy (non-hydrogen) atoms. The number of nitrogens with zero attached hydrogens (tertiary/aromatic N) is 6. The summed E-state index contributed by atoms with van der Waals surface area (Å²) in [7, 11) is 0. The number of hydrogen-bond acceptors (Lipinski definition) is 6. The van der Waals surface area contributed by atoms with Crippen LogP contribution in [0.1, 0.15) is 48.2 Å². The Balaban J connectivity index is 1.22. The maximum Gasteiger partial charge on any atom is 0.116 e. The Bertz CT molecular complexity index is 2420. The van der Waals surface area contributed by atoms with E-state index in [0.717, 1.165) is 59.2 Å². The quantitative estimate of drug-likeness (QED) is 0.177. The molecule has 4 aromatic heterocycles. The highest BCUT2D eigenvalue weighted by atomic mass is 14.8. The molecule has 2 aliphatic carbocycles. The summed E-state index contributed by atoms with van der Waals surface area (Å²) < 4.78 is 0. The average Bonchev–Trinajstić information content (AvgIpc) is 3.19. The maximum atomic E-state index is 5.47. The molecule has 0 saturated heterocycles. The molecule has 0 atom stereocenters. The predicted molar refractivity (Wildman–Crippen MR) is 201 cm³/mol. The molecule has 0 N–H and O–H groups in total. The molecule has 0 bridgehead atoms. The van der Waals surface area contributed by atoms with Gasteiger partial charge in [-0.15, -0.1) is 0 Å². The number of rotatable bonds is 4. The van der Waals surface area contributed by atoms with E-state index in [9.17, 15) is 0 Å². The van der Waals surface area contributed by atoms with Crippen molar-refractivity contribution in [2.24, 2.45) is 0 Å². The minimum Gasteiger partial charge on any atom is -0.252 e. The average molecular weight is 647 g/mol. The summed E-state index contributed by atoms with van der Waals surface area (Å²) in [5.41, 5.74) is 16.5. The Morgan fingerprint density at radius 1 is 0.420 bits per heavy atom. The van der Waals surface area contributed by atoms with Crippen LogP contribution in [0, 0.1) is 0 Å². The number of hydrogen-bond donors (Lipinski definition) is 0. The Hall–Kier alpha value is -5.88. The van der Waals surface area contributed by atoms with Gasteiger partial charge in [-0.2, -0.15) is 0 Å². The summed E-state index contributed by atoms with van der Waals surface area (Å²) in [6.45, 7) is 0. The second-order valence-corrected chi connectivity index (χ2v) is 13.6. The van der Waals surface area contributed by atoms with E-state index in [1.165, 1.54) is 92.0 Å². The standard InChI is InChI=1S/C44H34N6/c1-3-13-39-33(11-1)41(29-9-5-7-27(23-29)37-19-21-45-25-47-37)35-17-15-32-31(43(35)49-39)16-18-36-42(34-12-2-4-14-40(34)50-44(32)36)30-10-6-8-28(24-30)38-20-22-46-26-48-38/h5-10,15-26H,1-4,11-14H2. The van der Waals surface area contributed by atoms with Crippen LogP contribution < -0.4 is 0 Å². The molecule has 0 spiro atoms. The van der Waals surface area contributed by atoms with Crippen molar-refractivity contribution in [3.63, 3.8) is 0 Å². The molecule has 0 saturated carbocycles. The Kier molecular flexibility index (Phi) is 6.93. The van der Waals surface area contributed by atoms with Crippen LogP contribution in [-0.4, -0.2) is 29.9 Å². The van der Waals surface area contributed by atoms with Gasteiger partial charge in [-0.25, -0.2) is 19.9 Å². The van der Waals surface area contributed by atoms with Gasteiger partial charge in [0.15, 0.2) is 0 Å². The number of aromatic nitrogens is 6. The maximum absolute atomic E-state index is 5.47. The fraction of sp³-hybridized carbons (Fsp3) is 0.182. The van der Waals surface area contributed by atoms with E-state index in [-0.39, 0.29) is 0 Å². The molecule has 6 nitrogen and oxygen atoms in total. The largest absolute Gasteiger partial charge is 0.252 e. The first-order chi connectivity index (χ1) is 24.8. The van der Waals surface area contributed by atoms with Crippen LogP contribution in [0.3, 0.4) is 0 Å². The first-order valence-electron chi connectivity index (χ1n) is 17.8. The van der Waals surface area contributed by atoms with E-state index in [2.05, 4.69) is 92.7 Å². The first kappa shape index (κ1) is 29.1. The van der Waals surface area contributed by atoms with E-state index in [4.69, 9.17) is 9.97 Å². The highest BCUT2D eigenvalue weighted by Gasteiger charge is 2.24. The lowest BCUT2D eigenvalue weighted by molar-refractivity contribution is 0.672. The summed E-state index contributed by atoms with van der Waals surface area (Å²) in [6.07, 6.45) is 15.7. The van der Waals surface area contributed by atoms with Crippen LogP contribution >= 0.6 is 0 Å². The van der Waals surface area contributed by atoms with Crippen molar-refractivity contribution < 1.29 is 0 Å². The minimum atomic E-state index is 0.929. The zero-order valence-electron chi connectivity index (χ0n) is 27.7. The van der Waals surface area contributed by atoms with Gasteiger partial charge >= 0.3 is 0 Å². The minimum absolute atomic E-state index is 0.929. The van der Waals surface area contributed by atoms with E-state index in [1.807, 2.05) is 12.1 Å². The molecule has 0 unspecified atom stereocenters. The van der Waals surface area contributed by atoms with Gasteiger partial charge in [-0.3, -0.25) is 9.97 Å². The number of aryl methyl sites for hydroxylation is 2. The van der Waals surface area contributed by atoms with Gasteiger partial charge in [0.2, 0.25) is 0 Å². The molecule has 10 rings (SSSR count). The third kappa shape index (κ3) is 4.78. The van der Waals surface area contributed by atoms with Crippen molar-refractivity contribution in [3.05, 3.63) is 132 Å². The van der Waals surface area contributed by atoms with E-state index < -0.39 is 0 Å². The van der Waals surface area contributed by atoms with Crippen LogP contribution in [0.5, 0.6) is 0 Å². The summed E-state index contributed by atoms with van der Waals surface area (Å²) in [5.74, 6) is 0. The van der Waals surface area contributed by atoms with Gasteiger partial charge in [0, 0.05) is 56.5 Å². The van der Waals surface area contributed by atoms with Gasteiger partial charge in [0.05, 0.1) is 22.4 Å². The normalized spacial score (nSPS) is 14.2. The highest BCUT2D eigenvalue weighted by Crippen LogP contribution is 2.44. The summed E-state index contributed by atoms with van der Waals surface area (Å²) >= 11 is 0. The molecule has 8 aromatic rings. The predicted octanol–water partition coefficient (Wildman–Crippen LogP) is 9.94. The van der Waals surface area contributed by atoms with Gasteiger partial charge in [0.25, 0.3) is 0 Å². The second-order valence-electron chi connectivity index (χ2n) is 13.6. The van der Waals surface area contributed by atoms with Crippen LogP contribution in [0.25, 0.3) is 77.3 Å². The SMILES string of the molecule is c1cc(-c2ccncn2)cc(-c2c3c(nc4c2ccc2c4ccc4c(-c5cccc(-c6ccncn6)c5)c5c(nc42)CCCC5)CCCC3)c1. The zero-order valence-corrected chi connectivity index (χ0v) is 27.7. The van der Waals surface area contributed by atoms with E-state index >= 15 is 0 Å². The summed E-state index contributed by atoms with van der Waals surface area (Å²) in [4.78, 5) is 28.3. The Morgan fingerprint density at radius 2 is 0.860 bits per heavy atom. The summed E-state index contributed by atoms with van der Waals surface area (Å²) in [5, 5.41) is 4.74. The fourth-order valence-corrected chi connectivity index (χ4v) is 8.43. The number of pyridine rings is 2. The fourth-order valence-electron chi connectivity index (χ4n) is 8.43. The molecule has 4 aromatic carbocycles. The summed E-state index contributed by atoms with van der Waals surface area (Å²) in [6, 6.07) is 30.8. The van der Waals surface area contributed by atoms with Crippen LogP contribution in [0.2, 0.25) is 0 Å². The van der Waals surface area contributed by atoms with Gasteiger partial charge in [-0.05, 0) is 109 Å². The molecule has 0 fully saturated rings. The van der Waals surface area contributed by atoms with E-state index in [1.54, 1.807) is 25.0 Å². The van der Waals surface area contributed by atoms with Crippen molar-refractivity contribution in [1.82, 2.24) is 29.9 Å². The molecule has 2 aliphatic rings. The molecule has 0 aliphatic heterocycles. The van der Waals surface area contributed by atoms with Crippen molar-refractivity contribution in [2.45, 2.75) is 51.4 Å². The molecule has 4 heterocycles. The topological polar surface area (TPSA) is 77.3 Å². The monoisotopic (exact) mass is 646 g/mol. The van der Waals surface area contributed by atoms with Crippen molar-refractivity contribution in [2.75, 3.05) is 0 Å². The van der Waals surface area contributed by atoms with Crippen LogP contribution in [0.15, 0.2) is 110 Å². The first-order valence-corrected chi connectivity index (χ1v) is 17.8. The lowest BCUT2D eigenvalue weighted by atomic mass is 9.84. The van der Waals surface area contributed by atoms with Crippen molar-refractivity contribution >= 4 is 32.6 Å².